The molecular weight excluding hydrogens is 258 g/mol. The van der Waals surface area contributed by atoms with Crippen molar-refractivity contribution in [1.29, 1.82) is 0 Å². The van der Waals surface area contributed by atoms with Crippen LogP contribution in [-0.4, -0.2) is 31.4 Å². The van der Waals surface area contributed by atoms with Gasteiger partial charge in [0.05, 0.1) is 37.6 Å². The molecule has 0 fully saturated rings. The number of nitrogens with zero attached hydrogens (tertiary/aromatic N) is 1. The molecule has 20 heavy (non-hydrogen) atoms. The number of methoxy groups -OCH3 is 2. The van der Waals surface area contributed by atoms with Gasteiger partial charge in [-0.2, -0.15) is 0 Å². The molecule has 0 spiro atoms. The zero-order valence-corrected chi connectivity index (χ0v) is 11.4. The zero-order valence-electron chi connectivity index (χ0n) is 11.4. The number of rotatable bonds is 2. The Hall–Kier alpha value is -2.43. The van der Waals surface area contributed by atoms with Gasteiger partial charge in [-0.05, 0) is 18.2 Å². The predicted octanol–water partition coefficient (Wildman–Crippen LogP) is 2.34. The quantitative estimate of drug-likeness (QED) is 0.788. The van der Waals surface area contributed by atoms with Crippen molar-refractivity contribution in [2.75, 3.05) is 20.8 Å². The maximum absolute atomic E-state index is 11.7. The fourth-order valence-corrected chi connectivity index (χ4v) is 2.44. The molecule has 0 N–H and O–H groups in total. The van der Waals surface area contributed by atoms with Crippen molar-refractivity contribution in [1.82, 2.24) is 4.57 Å². The van der Waals surface area contributed by atoms with Gasteiger partial charge in [-0.3, -0.25) is 0 Å². The van der Waals surface area contributed by atoms with Crippen LogP contribution in [0.3, 0.4) is 0 Å². The summed E-state index contributed by atoms with van der Waals surface area (Å²) in [6, 6.07) is 7.47. The van der Waals surface area contributed by atoms with Crippen LogP contribution in [0.2, 0.25) is 0 Å². The highest BCUT2D eigenvalue weighted by molar-refractivity contribution is 5.92. The van der Waals surface area contributed by atoms with Crippen molar-refractivity contribution < 1.29 is 19.0 Å². The number of carbonyl (C=O) groups excluding carboxylic acids is 1. The smallest absolute Gasteiger partial charge is 0.339 e. The first-order chi connectivity index (χ1) is 9.74. The second kappa shape index (κ2) is 4.92. The number of fused-ring (bicyclic) bond motifs is 3. The van der Waals surface area contributed by atoms with Crippen LogP contribution in [0.25, 0.3) is 11.3 Å². The molecule has 1 aromatic heterocycles. The van der Waals surface area contributed by atoms with Gasteiger partial charge in [0.2, 0.25) is 0 Å². The lowest BCUT2D eigenvalue weighted by atomic mass is 10.1. The molecule has 5 heteroatoms. The van der Waals surface area contributed by atoms with Crippen LogP contribution in [0.4, 0.5) is 0 Å². The minimum absolute atomic E-state index is 0.345. The number of aromatic nitrogens is 1. The van der Waals surface area contributed by atoms with E-state index >= 15 is 0 Å². The normalized spacial score (nSPS) is 12.7. The first kappa shape index (κ1) is 12.6. The molecule has 2 aromatic rings. The monoisotopic (exact) mass is 273 g/mol. The predicted molar refractivity (Wildman–Crippen MR) is 73.3 cm³/mol. The molecule has 104 valence electrons. The lowest BCUT2D eigenvalue weighted by Crippen LogP contribution is -2.05. The van der Waals surface area contributed by atoms with Crippen molar-refractivity contribution >= 4 is 5.97 Å². The van der Waals surface area contributed by atoms with Crippen LogP contribution in [0, 0.1) is 0 Å². The zero-order chi connectivity index (χ0) is 14.1. The molecule has 0 unspecified atom stereocenters. The highest BCUT2D eigenvalue weighted by Crippen LogP contribution is 2.40. The van der Waals surface area contributed by atoms with Gasteiger partial charge in [-0.1, -0.05) is 6.07 Å². The number of hydrogen-bond donors (Lipinski definition) is 0. The van der Waals surface area contributed by atoms with E-state index in [9.17, 15) is 4.79 Å². The van der Waals surface area contributed by atoms with Crippen LogP contribution < -0.4 is 9.47 Å². The molecule has 2 heterocycles. The van der Waals surface area contributed by atoms with E-state index in [0.717, 1.165) is 22.8 Å². The summed E-state index contributed by atoms with van der Waals surface area (Å²) in [5.41, 5.74) is 2.29. The van der Waals surface area contributed by atoms with Gasteiger partial charge >= 0.3 is 5.97 Å². The van der Waals surface area contributed by atoms with Gasteiger partial charge in [-0.15, -0.1) is 0 Å². The summed E-state index contributed by atoms with van der Waals surface area (Å²) in [6.07, 6.45) is 1.78. The van der Waals surface area contributed by atoms with E-state index in [1.54, 1.807) is 13.3 Å². The Kier molecular flexibility index (Phi) is 3.10. The largest absolute Gasteiger partial charge is 0.496 e. The molecule has 0 bridgehead atoms. The minimum atomic E-state index is -0.345. The number of hydrogen-bond acceptors (Lipinski definition) is 4. The first-order valence-corrected chi connectivity index (χ1v) is 6.33. The topological polar surface area (TPSA) is 49.7 Å². The van der Waals surface area contributed by atoms with E-state index in [4.69, 9.17) is 14.2 Å². The molecule has 0 saturated carbocycles. The standard InChI is InChI=1S/C15H15NO4/c1-18-12-4-3-5-13-14(12)11-8-10(15(17)19-2)9-16(11)6-7-20-13/h3-5,8-9H,6-7H2,1-2H3. The van der Waals surface area contributed by atoms with Crippen molar-refractivity contribution in [3.63, 3.8) is 0 Å². The van der Waals surface area contributed by atoms with Gasteiger partial charge < -0.3 is 18.8 Å². The van der Waals surface area contributed by atoms with Gasteiger partial charge in [-0.25, -0.2) is 4.79 Å². The Bertz CT molecular complexity index is 660. The summed E-state index contributed by atoms with van der Waals surface area (Å²) in [6.45, 7) is 1.21. The van der Waals surface area contributed by atoms with E-state index < -0.39 is 0 Å². The number of ether oxygens (including phenoxy) is 3. The summed E-state index contributed by atoms with van der Waals surface area (Å²) < 4.78 is 17.9. The SMILES string of the molecule is COC(=O)c1cc2n(c1)CCOc1cccc(OC)c1-2. The van der Waals surface area contributed by atoms with Crippen LogP contribution in [0.15, 0.2) is 30.5 Å². The van der Waals surface area contributed by atoms with E-state index in [0.29, 0.717) is 18.7 Å². The third kappa shape index (κ3) is 1.91. The molecule has 0 saturated heterocycles. The molecule has 1 aliphatic heterocycles. The summed E-state index contributed by atoms with van der Waals surface area (Å²) >= 11 is 0. The molecular formula is C15H15NO4. The molecule has 0 radical (unpaired) electrons. The molecule has 0 aliphatic carbocycles. The molecule has 0 amide bonds. The van der Waals surface area contributed by atoms with Crippen LogP contribution in [0.5, 0.6) is 11.5 Å². The van der Waals surface area contributed by atoms with E-state index in [1.807, 2.05) is 28.8 Å². The number of esters is 1. The number of benzene rings is 1. The van der Waals surface area contributed by atoms with Crippen LogP contribution in [0.1, 0.15) is 10.4 Å². The van der Waals surface area contributed by atoms with Crippen molar-refractivity contribution in [3.05, 3.63) is 36.0 Å². The molecule has 0 atom stereocenters. The summed E-state index contributed by atoms with van der Waals surface area (Å²) in [4.78, 5) is 11.7. The third-order valence-corrected chi connectivity index (χ3v) is 3.37. The fraction of sp³-hybridized carbons (Fsp3) is 0.267. The molecule has 5 nitrogen and oxygen atoms in total. The van der Waals surface area contributed by atoms with Gasteiger partial charge in [0, 0.05) is 6.20 Å². The van der Waals surface area contributed by atoms with Crippen molar-refractivity contribution in [2.24, 2.45) is 0 Å². The van der Waals surface area contributed by atoms with Gasteiger partial charge in [0.25, 0.3) is 0 Å². The Balaban J connectivity index is 2.20. The van der Waals surface area contributed by atoms with Crippen molar-refractivity contribution in [2.45, 2.75) is 6.54 Å². The highest BCUT2D eigenvalue weighted by atomic mass is 16.5. The molecule has 3 rings (SSSR count). The van der Waals surface area contributed by atoms with E-state index in [-0.39, 0.29) is 5.97 Å². The fourth-order valence-electron chi connectivity index (χ4n) is 2.44. The highest BCUT2D eigenvalue weighted by Gasteiger charge is 2.22. The van der Waals surface area contributed by atoms with Crippen molar-refractivity contribution in [3.8, 4) is 22.8 Å². The van der Waals surface area contributed by atoms with Crippen LogP contribution in [-0.2, 0) is 11.3 Å². The maximum atomic E-state index is 11.7. The van der Waals surface area contributed by atoms with Crippen LogP contribution >= 0.6 is 0 Å². The lowest BCUT2D eigenvalue weighted by molar-refractivity contribution is 0.0600. The average Bonchev–Trinajstić information content (AvgIpc) is 2.82. The summed E-state index contributed by atoms with van der Waals surface area (Å²) in [5.74, 6) is 1.14. The Morgan fingerprint density at radius 3 is 2.95 bits per heavy atom. The Labute approximate surface area is 116 Å². The second-order valence-electron chi connectivity index (χ2n) is 4.48. The lowest BCUT2D eigenvalue weighted by Gasteiger charge is -2.11. The second-order valence-corrected chi connectivity index (χ2v) is 4.48. The number of carbonyl (C=O) groups is 1. The summed E-state index contributed by atoms with van der Waals surface area (Å²) in [7, 11) is 3.00. The van der Waals surface area contributed by atoms with E-state index in [2.05, 4.69) is 0 Å². The minimum Gasteiger partial charge on any atom is -0.496 e. The third-order valence-electron chi connectivity index (χ3n) is 3.37. The Morgan fingerprint density at radius 2 is 2.20 bits per heavy atom. The van der Waals surface area contributed by atoms with E-state index in [1.165, 1.54) is 7.11 Å². The average molecular weight is 273 g/mol. The Morgan fingerprint density at radius 1 is 1.35 bits per heavy atom. The molecule has 1 aromatic carbocycles. The first-order valence-electron chi connectivity index (χ1n) is 6.33. The maximum Gasteiger partial charge on any atom is 0.339 e. The van der Waals surface area contributed by atoms with Gasteiger partial charge in [0.15, 0.2) is 0 Å². The molecule has 1 aliphatic rings. The summed E-state index contributed by atoms with van der Waals surface area (Å²) in [5, 5.41) is 0. The van der Waals surface area contributed by atoms with Gasteiger partial charge in [0.1, 0.15) is 18.1 Å².